The first kappa shape index (κ1) is 21.8. The predicted octanol–water partition coefficient (Wildman–Crippen LogP) is 3.54. The van der Waals surface area contributed by atoms with Gasteiger partial charge in [-0.15, -0.1) is 0 Å². The van der Waals surface area contributed by atoms with Crippen LogP contribution in [0.3, 0.4) is 0 Å². The van der Waals surface area contributed by atoms with Crippen LogP contribution in [-0.4, -0.2) is 57.5 Å². The Hall–Kier alpha value is -2.90. The SMILES string of the molecule is COC(=O)c1ccncc1Cc1c(C)cnn1C1CCCN(C(=O)OC(C)(C)C)C1. The third-order valence-electron chi connectivity index (χ3n) is 5.17. The number of aromatic nitrogens is 3. The van der Waals surface area contributed by atoms with Crippen molar-refractivity contribution < 1.29 is 19.1 Å². The molecule has 1 aliphatic rings. The van der Waals surface area contributed by atoms with Crippen LogP contribution in [0.2, 0.25) is 0 Å². The van der Waals surface area contributed by atoms with E-state index in [0.29, 0.717) is 25.1 Å². The van der Waals surface area contributed by atoms with Crippen LogP contribution in [0, 0.1) is 6.92 Å². The third-order valence-corrected chi connectivity index (χ3v) is 5.17. The lowest BCUT2D eigenvalue weighted by Gasteiger charge is -2.34. The van der Waals surface area contributed by atoms with E-state index < -0.39 is 5.60 Å². The predicted molar refractivity (Wildman–Crippen MR) is 111 cm³/mol. The first-order valence-electron chi connectivity index (χ1n) is 10.2. The van der Waals surface area contributed by atoms with E-state index in [1.54, 1.807) is 23.4 Å². The van der Waals surface area contributed by atoms with E-state index in [1.165, 1.54) is 7.11 Å². The van der Waals surface area contributed by atoms with Gasteiger partial charge in [-0.2, -0.15) is 5.10 Å². The lowest BCUT2D eigenvalue weighted by Crippen LogP contribution is -2.43. The van der Waals surface area contributed by atoms with E-state index in [0.717, 1.165) is 29.7 Å². The second-order valence-corrected chi connectivity index (χ2v) is 8.64. The van der Waals surface area contributed by atoms with E-state index >= 15 is 0 Å². The topological polar surface area (TPSA) is 86.5 Å². The highest BCUT2D eigenvalue weighted by molar-refractivity contribution is 5.90. The molecule has 0 N–H and O–H groups in total. The Kier molecular flexibility index (Phi) is 6.43. The van der Waals surface area contributed by atoms with Gasteiger partial charge in [0.15, 0.2) is 0 Å². The molecule has 8 heteroatoms. The lowest BCUT2D eigenvalue weighted by molar-refractivity contribution is 0.0166. The monoisotopic (exact) mass is 414 g/mol. The number of aryl methyl sites for hydroxylation is 1. The Morgan fingerprint density at radius 3 is 2.73 bits per heavy atom. The summed E-state index contributed by atoms with van der Waals surface area (Å²) in [6.45, 7) is 8.83. The molecule has 0 radical (unpaired) electrons. The van der Waals surface area contributed by atoms with E-state index in [2.05, 4.69) is 10.1 Å². The average Bonchev–Trinajstić information content (AvgIpc) is 3.07. The number of rotatable bonds is 4. The van der Waals surface area contributed by atoms with Crippen LogP contribution in [-0.2, 0) is 15.9 Å². The van der Waals surface area contributed by atoms with Crippen LogP contribution in [0.5, 0.6) is 0 Å². The molecule has 0 spiro atoms. The van der Waals surface area contributed by atoms with Gasteiger partial charge in [-0.05, 0) is 57.7 Å². The molecule has 1 unspecified atom stereocenters. The summed E-state index contributed by atoms with van der Waals surface area (Å²) in [5.74, 6) is -0.384. The Morgan fingerprint density at radius 1 is 1.27 bits per heavy atom. The van der Waals surface area contributed by atoms with Crippen molar-refractivity contribution in [3.05, 3.63) is 47.0 Å². The number of ether oxygens (including phenoxy) is 2. The van der Waals surface area contributed by atoms with Crippen LogP contribution in [0.25, 0.3) is 0 Å². The molecule has 0 bridgehead atoms. The number of amides is 1. The van der Waals surface area contributed by atoms with Gasteiger partial charge < -0.3 is 14.4 Å². The highest BCUT2D eigenvalue weighted by Gasteiger charge is 2.30. The van der Waals surface area contributed by atoms with Gasteiger partial charge in [-0.1, -0.05) is 0 Å². The molecule has 3 rings (SSSR count). The van der Waals surface area contributed by atoms with Crippen molar-refractivity contribution in [3.8, 4) is 0 Å². The zero-order valence-corrected chi connectivity index (χ0v) is 18.3. The number of hydrogen-bond donors (Lipinski definition) is 0. The van der Waals surface area contributed by atoms with Crippen molar-refractivity contribution in [3.63, 3.8) is 0 Å². The molecule has 1 aliphatic heterocycles. The summed E-state index contributed by atoms with van der Waals surface area (Å²) in [6, 6.07) is 1.72. The number of nitrogens with zero attached hydrogens (tertiary/aromatic N) is 4. The molecule has 30 heavy (non-hydrogen) atoms. The lowest BCUT2D eigenvalue weighted by atomic mass is 10.0. The summed E-state index contributed by atoms with van der Waals surface area (Å²) in [5, 5.41) is 4.60. The molecule has 0 aliphatic carbocycles. The standard InChI is InChI=1S/C22H30N4O4/c1-15-12-24-26(17-7-6-10-25(14-17)21(28)30-22(2,3)4)19(15)11-16-13-23-9-8-18(16)20(27)29-5/h8-9,12-13,17H,6-7,10-11,14H2,1-5H3. The van der Waals surface area contributed by atoms with Gasteiger partial charge in [0.1, 0.15) is 5.60 Å². The van der Waals surface area contributed by atoms with Crippen molar-refractivity contribution >= 4 is 12.1 Å². The van der Waals surface area contributed by atoms with Gasteiger partial charge in [0.2, 0.25) is 0 Å². The number of carbonyl (C=O) groups is 2. The minimum absolute atomic E-state index is 0.0493. The van der Waals surface area contributed by atoms with Gasteiger partial charge >= 0.3 is 12.1 Å². The Morgan fingerprint density at radius 2 is 2.03 bits per heavy atom. The van der Waals surface area contributed by atoms with Gasteiger partial charge in [0.05, 0.1) is 24.9 Å². The highest BCUT2D eigenvalue weighted by Crippen LogP contribution is 2.27. The number of methoxy groups -OCH3 is 1. The summed E-state index contributed by atoms with van der Waals surface area (Å²) in [4.78, 5) is 30.6. The number of hydrogen-bond acceptors (Lipinski definition) is 6. The van der Waals surface area contributed by atoms with Gasteiger partial charge in [-0.3, -0.25) is 9.67 Å². The number of piperidine rings is 1. The first-order chi connectivity index (χ1) is 14.2. The minimum atomic E-state index is -0.526. The third kappa shape index (κ3) is 4.98. The molecule has 1 atom stereocenters. The Bertz CT molecular complexity index is 916. The van der Waals surface area contributed by atoms with E-state index in [4.69, 9.17) is 9.47 Å². The van der Waals surface area contributed by atoms with Gasteiger partial charge in [-0.25, -0.2) is 9.59 Å². The molecule has 3 heterocycles. The normalized spacial score (nSPS) is 17.0. The van der Waals surface area contributed by atoms with Crippen molar-refractivity contribution in [2.75, 3.05) is 20.2 Å². The van der Waals surface area contributed by atoms with Crippen LogP contribution >= 0.6 is 0 Å². The summed E-state index contributed by atoms with van der Waals surface area (Å²) in [5.41, 5.74) is 2.79. The number of likely N-dealkylation sites (tertiary alicyclic amines) is 1. The van der Waals surface area contributed by atoms with Crippen molar-refractivity contribution in [1.82, 2.24) is 19.7 Å². The molecule has 1 amide bonds. The van der Waals surface area contributed by atoms with Gasteiger partial charge in [0.25, 0.3) is 0 Å². The molecule has 0 saturated carbocycles. The molecule has 1 saturated heterocycles. The van der Waals surface area contributed by atoms with Crippen LogP contribution in [0.15, 0.2) is 24.7 Å². The van der Waals surface area contributed by atoms with E-state index in [-0.39, 0.29) is 18.1 Å². The smallest absolute Gasteiger partial charge is 0.410 e. The average molecular weight is 415 g/mol. The highest BCUT2D eigenvalue weighted by atomic mass is 16.6. The van der Waals surface area contributed by atoms with E-state index in [1.807, 2.05) is 38.6 Å². The molecule has 2 aromatic heterocycles. The van der Waals surface area contributed by atoms with Crippen LogP contribution in [0.4, 0.5) is 4.79 Å². The summed E-state index contributed by atoms with van der Waals surface area (Å²) in [7, 11) is 1.37. The summed E-state index contributed by atoms with van der Waals surface area (Å²) in [6.07, 6.45) is 7.12. The Balaban J connectivity index is 1.83. The molecule has 2 aromatic rings. The molecule has 0 aromatic carbocycles. The summed E-state index contributed by atoms with van der Waals surface area (Å²) >= 11 is 0. The molecule has 1 fully saturated rings. The van der Waals surface area contributed by atoms with Gasteiger partial charge in [0, 0.05) is 37.6 Å². The second-order valence-electron chi connectivity index (χ2n) is 8.64. The summed E-state index contributed by atoms with van der Waals surface area (Å²) < 4.78 is 12.4. The molecule has 8 nitrogen and oxygen atoms in total. The molecular formula is C22H30N4O4. The number of esters is 1. The van der Waals surface area contributed by atoms with Crippen molar-refractivity contribution in [2.45, 2.75) is 58.6 Å². The Labute approximate surface area is 177 Å². The minimum Gasteiger partial charge on any atom is -0.465 e. The maximum atomic E-state index is 12.5. The van der Waals surface area contributed by atoms with Crippen molar-refractivity contribution in [1.29, 1.82) is 0 Å². The quantitative estimate of drug-likeness (QED) is 0.712. The van der Waals surface area contributed by atoms with Crippen molar-refractivity contribution in [2.24, 2.45) is 0 Å². The number of carbonyl (C=O) groups excluding carboxylic acids is 2. The fourth-order valence-electron chi connectivity index (χ4n) is 3.71. The molecule has 162 valence electrons. The number of pyridine rings is 1. The zero-order chi connectivity index (χ0) is 21.9. The second kappa shape index (κ2) is 8.85. The first-order valence-corrected chi connectivity index (χ1v) is 10.2. The fourth-order valence-corrected chi connectivity index (χ4v) is 3.71. The van der Waals surface area contributed by atoms with E-state index in [9.17, 15) is 9.59 Å². The zero-order valence-electron chi connectivity index (χ0n) is 18.3. The largest absolute Gasteiger partial charge is 0.465 e. The maximum absolute atomic E-state index is 12.5. The fraction of sp³-hybridized carbons (Fsp3) is 0.545. The van der Waals surface area contributed by atoms with Crippen LogP contribution in [0.1, 0.15) is 66.8 Å². The van der Waals surface area contributed by atoms with Crippen LogP contribution < -0.4 is 0 Å². The molecular weight excluding hydrogens is 384 g/mol. The maximum Gasteiger partial charge on any atom is 0.410 e.